The van der Waals surface area contributed by atoms with Gasteiger partial charge in [0.15, 0.2) is 0 Å². The molecule has 0 spiro atoms. The van der Waals surface area contributed by atoms with E-state index >= 15 is 0 Å². The van der Waals surface area contributed by atoms with Crippen molar-refractivity contribution < 1.29 is 4.79 Å². The van der Waals surface area contributed by atoms with Gasteiger partial charge in [0, 0.05) is 6.54 Å². The third-order valence-electron chi connectivity index (χ3n) is 0.856. The van der Waals surface area contributed by atoms with Gasteiger partial charge in [-0.2, -0.15) is 0 Å². The average Bonchev–Trinajstić information content (AvgIpc) is 1.89. The van der Waals surface area contributed by atoms with Gasteiger partial charge < -0.3 is 11.1 Å². The normalized spacial score (nSPS) is 8.56. The molecule has 3 nitrogen and oxygen atoms in total. The van der Waals surface area contributed by atoms with E-state index in [2.05, 4.69) is 11.9 Å². The summed E-state index contributed by atoms with van der Waals surface area (Å²) in [5, 5.41) is 2.60. The van der Waals surface area contributed by atoms with E-state index in [9.17, 15) is 4.79 Å². The van der Waals surface area contributed by atoms with E-state index in [0.717, 1.165) is 6.42 Å². The van der Waals surface area contributed by atoms with E-state index in [4.69, 9.17) is 5.73 Å². The summed E-state index contributed by atoms with van der Waals surface area (Å²) in [7, 11) is 0. The van der Waals surface area contributed by atoms with Crippen LogP contribution in [-0.2, 0) is 4.79 Å². The molecule has 0 aromatic heterocycles. The summed E-state index contributed by atoms with van der Waals surface area (Å²) in [5.41, 5.74) is 5.02. The summed E-state index contributed by atoms with van der Waals surface area (Å²) in [6.07, 6.45) is 2.54. The molecule has 0 aromatic carbocycles. The molecule has 0 rings (SSSR count). The maximum Gasteiger partial charge on any atom is 0.233 e. The lowest BCUT2D eigenvalue weighted by atomic mass is 10.4. The van der Waals surface area contributed by atoms with E-state index in [1.807, 2.05) is 0 Å². The highest BCUT2D eigenvalue weighted by atomic mass is 16.1. The number of hydrogen-bond donors (Lipinski definition) is 2. The molecular formula is C6H12N2O. The first-order valence-corrected chi connectivity index (χ1v) is 2.89. The lowest BCUT2D eigenvalue weighted by molar-refractivity contribution is -0.119. The molecule has 1 amide bonds. The molecule has 9 heavy (non-hydrogen) atoms. The zero-order chi connectivity index (χ0) is 7.11. The van der Waals surface area contributed by atoms with Crippen LogP contribution in [0.15, 0.2) is 12.7 Å². The van der Waals surface area contributed by atoms with E-state index in [0.29, 0.717) is 6.54 Å². The molecule has 0 radical (unpaired) electrons. The second-order valence-electron chi connectivity index (χ2n) is 1.63. The van der Waals surface area contributed by atoms with Crippen LogP contribution in [0.1, 0.15) is 6.42 Å². The predicted molar refractivity (Wildman–Crippen MR) is 36.9 cm³/mol. The van der Waals surface area contributed by atoms with Gasteiger partial charge in [-0.15, -0.1) is 6.58 Å². The molecule has 0 aliphatic heterocycles. The van der Waals surface area contributed by atoms with Crippen LogP contribution < -0.4 is 11.1 Å². The minimum atomic E-state index is -0.114. The molecule has 52 valence electrons. The Hall–Kier alpha value is -0.830. The number of carbonyl (C=O) groups is 1. The summed E-state index contributed by atoms with van der Waals surface area (Å²) in [5.74, 6) is -0.114. The topological polar surface area (TPSA) is 55.1 Å². The Balaban J connectivity index is 3.06. The highest BCUT2D eigenvalue weighted by molar-refractivity contribution is 5.77. The van der Waals surface area contributed by atoms with Crippen LogP contribution in [0, 0.1) is 0 Å². The number of hydrogen-bond acceptors (Lipinski definition) is 2. The molecule has 3 heteroatoms. The monoisotopic (exact) mass is 128 g/mol. The Morgan fingerprint density at radius 2 is 2.44 bits per heavy atom. The van der Waals surface area contributed by atoms with Crippen molar-refractivity contribution in [1.82, 2.24) is 5.32 Å². The standard InChI is InChI=1S/C6H12N2O/c1-2-3-4-8-6(9)5-7/h2H,1,3-5,7H2,(H,8,9). The molecular weight excluding hydrogens is 116 g/mol. The van der Waals surface area contributed by atoms with Gasteiger partial charge >= 0.3 is 0 Å². The van der Waals surface area contributed by atoms with E-state index in [-0.39, 0.29) is 12.5 Å². The summed E-state index contributed by atoms with van der Waals surface area (Å²) >= 11 is 0. The summed E-state index contributed by atoms with van der Waals surface area (Å²) in [6.45, 7) is 4.21. The van der Waals surface area contributed by atoms with Gasteiger partial charge in [-0.25, -0.2) is 0 Å². The molecule has 0 atom stereocenters. The van der Waals surface area contributed by atoms with Crippen molar-refractivity contribution in [1.29, 1.82) is 0 Å². The number of rotatable bonds is 4. The number of carbonyl (C=O) groups excluding carboxylic acids is 1. The van der Waals surface area contributed by atoms with Gasteiger partial charge in [0.25, 0.3) is 0 Å². The van der Waals surface area contributed by atoms with Crippen molar-refractivity contribution in [3.05, 3.63) is 12.7 Å². The molecule has 0 unspecified atom stereocenters. The lowest BCUT2D eigenvalue weighted by Crippen LogP contribution is -2.30. The van der Waals surface area contributed by atoms with Crippen LogP contribution in [0.25, 0.3) is 0 Å². The third-order valence-corrected chi connectivity index (χ3v) is 0.856. The first-order chi connectivity index (χ1) is 4.31. The van der Waals surface area contributed by atoms with Gasteiger partial charge in [0.05, 0.1) is 6.54 Å². The van der Waals surface area contributed by atoms with Gasteiger partial charge in [-0.1, -0.05) is 6.08 Å². The highest BCUT2D eigenvalue weighted by Gasteiger charge is 1.91. The SMILES string of the molecule is C=CCCNC(=O)CN. The average molecular weight is 128 g/mol. The Kier molecular flexibility index (Phi) is 4.82. The first-order valence-electron chi connectivity index (χ1n) is 2.89. The molecule has 0 heterocycles. The lowest BCUT2D eigenvalue weighted by Gasteiger charge is -1.97. The maximum atomic E-state index is 10.4. The number of nitrogens with two attached hydrogens (primary N) is 1. The van der Waals surface area contributed by atoms with Crippen LogP contribution in [0.3, 0.4) is 0 Å². The summed E-state index contributed by atoms with van der Waals surface area (Å²) < 4.78 is 0. The van der Waals surface area contributed by atoms with E-state index in [1.165, 1.54) is 0 Å². The zero-order valence-electron chi connectivity index (χ0n) is 5.39. The predicted octanol–water partition coefficient (Wildman–Crippen LogP) is -0.363. The van der Waals surface area contributed by atoms with Gasteiger partial charge in [-0.05, 0) is 6.42 Å². The molecule has 0 aliphatic carbocycles. The van der Waals surface area contributed by atoms with Crippen molar-refractivity contribution in [2.75, 3.05) is 13.1 Å². The maximum absolute atomic E-state index is 10.4. The van der Waals surface area contributed by atoms with Gasteiger partial charge in [0.2, 0.25) is 5.91 Å². The minimum Gasteiger partial charge on any atom is -0.355 e. The van der Waals surface area contributed by atoms with Crippen LogP contribution in [0.5, 0.6) is 0 Å². The van der Waals surface area contributed by atoms with E-state index < -0.39 is 0 Å². The van der Waals surface area contributed by atoms with Crippen molar-refractivity contribution in [3.8, 4) is 0 Å². The van der Waals surface area contributed by atoms with Crippen LogP contribution >= 0.6 is 0 Å². The smallest absolute Gasteiger partial charge is 0.233 e. The molecule has 0 aliphatic rings. The summed E-state index contributed by atoms with van der Waals surface area (Å²) in [4.78, 5) is 10.4. The molecule has 3 N–H and O–H groups in total. The minimum absolute atomic E-state index is 0.0666. The Morgan fingerprint density at radius 3 is 2.89 bits per heavy atom. The summed E-state index contributed by atoms with van der Waals surface area (Å²) in [6, 6.07) is 0. The van der Waals surface area contributed by atoms with Crippen LogP contribution in [0.4, 0.5) is 0 Å². The highest BCUT2D eigenvalue weighted by Crippen LogP contribution is 1.73. The zero-order valence-corrected chi connectivity index (χ0v) is 5.39. The second-order valence-corrected chi connectivity index (χ2v) is 1.63. The van der Waals surface area contributed by atoms with Gasteiger partial charge in [0.1, 0.15) is 0 Å². The molecule has 0 saturated heterocycles. The fraction of sp³-hybridized carbons (Fsp3) is 0.500. The van der Waals surface area contributed by atoms with Crippen molar-refractivity contribution in [3.63, 3.8) is 0 Å². The quantitative estimate of drug-likeness (QED) is 0.401. The van der Waals surface area contributed by atoms with Crippen LogP contribution in [-0.4, -0.2) is 19.0 Å². The molecule has 0 aromatic rings. The Bertz CT molecular complexity index is 101. The largest absolute Gasteiger partial charge is 0.355 e. The third kappa shape index (κ3) is 5.03. The number of amides is 1. The van der Waals surface area contributed by atoms with Crippen molar-refractivity contribution >= 4 is 5.91 Å². The molecule has 0 bridgehead atoms. The second kappa shape index (κ2) is 5.31. The van der Waals surface area contributed by atoms with Crippen LogP contribution in [0.2, 0.25) is 0 Å². The van der Waals surface area contributed by atoms with Gasteiger partial charge in [-0.3, -0.25) is 4.79 Å². The number of nitrogens with one attached hydrogen (secondary N) is 1. The Morgan fingerprint density at radius 1 is 1.78 bits per heavy atom. The van der Waals surface area contributed by atoms with Crippen molar-refractivity contribution in [2.24, 2.45) is 5.73 Å². The fourth-order valence-corrected chi connectivity index (χ4v) is 0.386. The first kappa shape index (κ1) is 8.17. The van der Waals surface area contributed by atoms with Crippen molar-refractivity contribution in [2.45, 2.75) is 6.42 Å². The fourth-order valence-electron chi connectivity index (χ4n) is 0.386. The van der Waals surface area contributed by atoms with E-state index in [1.54, 1.807) is 6.08 Å². The Labute approximate surface area is 54.9 Å². The molecule has 0 fully saturated rings. The molecule has 0 saturated carbocycles.